The van der Waals surface area contributed by atoms with E-state index in [1.807, 2.05) is 6.92 Å². The van der Waals surface area contributed by atoms with Gasteiger partial charge in [0.05, 0.1) is 5.75 Å². The second-order valence-electron chi connectivity index (χ2n) is 6.09. The summed E-state index contributed by atoms with van der Waals surface area (Å²) in [5.74, 6) is 0.938. The third kappa shape index (κ3) is 6.78. The summed E-state index contributed by atoms with van der Waals surface area (Å²) in [6, 6.07) is 10.5. The van der Waals surface area contributed by atoms with E-state index in [0.717, 1.165) is 25.5 Å². The van der Waals surface area contributed by atoms with Gasteiger partial charge < -0.3 is 15.2 Å². The van der Waals surface area contributed by atoms with Gasteiger partial charge in [-0.2, -0.15) is 0 Å². The number of hydrogen-bond acceptors (Lipinski definition) is 3. The topological polar surface area (TPSA) is 75.5 Å². The van der Waals surface area contributed by atoms with Gasteiger partial charge in [0.15, 0.2) is 5.96 Å². The van der Waals surface area contributed by atoms with Gasteiger partial charge in [0, 0.05) is 44.1 Å². The van der Waals surface area contributed by atoms with Crippen LogP contribution in [0.3, 0.4) is 0 Å². The van der Waals surface area contributed by atoms with E-state index < -0.39 is 9.84 Å². The maximum Gasteiger partial charge on any atom is 0.191 e. The number of hydrogen-bond donors (Lipinski definition) is 2. The Labute approximate surface area is 150 Å². The third-order valence-corrected chi connectivity index (χ3v) is 4.87. The van der Waals surface area contributed by atoms with Gasteiger partial charge in [-0.3, -0.25) is 4.99 Å². The molecule has 0 saturated heterocycles. The van der Waals surface area contributed by atoms with E-state index in [2.05, 4.69) is 56.7 Å². The van der Waals surface area contributed by atoms with Crippen molar-refractivity contribution >= 4 is 26.7 Å². The van der Waals surface area contributed by atoms with Crippen LogP contribution in [0.2, 0.25) is 0 Å². The minimum absolute atomic E-state index is 0.195. The number of sulfone groups is 1. The molecule has 6 nitrogen and oxygen atoms in total. The largest absolute Gasteiger partial charge is 0.357 e. The number of rotatable bonds is 9. The predicted octanol–water partition coefficient (Wildman–Crippen LogP) is 2.02. The third-order valence-electron chi connectivity index (χ3n) is 3.84. The van der Waals surface area contributed by atoms with Crippen LogP contribution in [0.15, 0.2) is 41.5 Å². The van der Waals surface area contributed by atoms with Crippen molar-refractivity contribution in [3.8, 4) is 0 Å². The minimum Gasteiger partial charge on any atom is -0.357 e. The maximum atomic E-state index is 11.1. The van der Waals surface area contributed by atoms with Crippen LogP contribution in [0, 0.1) is 0 Å². The molecule has 1 aromatic heterocycles. The smallest absolute Gasteiger partial charge is 0.191 e. The van der Waals surface area contributed by atoms with Crippen molar-refractivity contribution in [2.24, 2.45) is 4.99 Å². The van der Waals surface area contributed by atoms with Crippen LogP contribution in [-0.4, -0.2) is 50.6 Å². The van der Waals surface area contributed by atoms with E-state index in [9.17, 15) is 8.42 Å². The lowest BCUT2D eigenvalue weighted by molar-refractivity contribution is 0.598. The number of aliphatic imine (C=N–C) groups is 1. The van der Waals surface area contributed by atoms with Crippen LogP contribution in [0.4, 0.5) is 0 Å². The van der Waals surface area contributed by atoms with Crippen LogP contribution in [0.1, 0.15) is 19.8 Å². The van der Waals surface area contributed by atoms with Crippen molar-refractivity contribution < 1.29 is 8.42 Å². The fraction of sp³-hybridized carbons (Fsp3) is 0.500. The molecule has 1 heterocycles. The molecule has 0 aliphatic rings. The van der Waals surface area contributed by atoms with Crippen molar-refractivity contribution in [2.75, 3.05) is 31.6 Å². The number of aromatic nitrogens is 1. The molecule has 0 spiro atoms. The molecule has 0 amide bonds. The lowest BCUT2D eigenvalue weighted by Crippen LogP contribution is -2.38. The molecular formula is C18H28N4O2S. The molecule has 0 fully saturated rings. The molecule has 7 heteroatoms. The van der Waals surface area contributed by atoms with Gasteiger partial charge in [-0.05, 0) is 37.3 Å². The van der Waals surface area contributed by atoms with E-state index in [-0.39, 0.29) is 5.75 Å². The van der Waals surface area contributed by atoms with Gasteiger partial charge >= 0.3 is 0 Å². The Kier molecular flexibility index (Phi) is 7.31. The van der Waals surface area contributed by atoms with Gasteiger partial charge in [-0.1, -0.05) is 18.2 Å². The summed E-state index contributed by atoms with van der Waals surface area (Å²) in [4.78, 5) is 4.56. The molecule has 25 heavy (non-hydrogen) atoms. The van der Waals surface area contributed by atoms with Crippen molar-refractivity contribution in [1.82, 2.24) is 15.2 Å². The average Bonchev–Trinajstić information content (AvgIpc) is 2.98. The maximum absolute atomic E-state index is 11.1. The molecule has 0 aliphatic carbocycles. The summed E-state index contributed by atoms with van der Waals surface area (Å²) in [5.41, 5.74) is 1.25. The first-order valence-corrected chi connectivity index (χ1v) is 10.8. The number of benzene rings is 1. The Hall–Kier alpha value is -2.02. The Morgan fingerprint density at radius 3 is 2.72 bits per heavy atom. The lowest BCUT2D eigenvalue weighted by Gasteiger charge is -2.11. The molecule has 2 aromatic rings. The highest BCUT2D eigenvalue weighted by Crippen LogP contribution is 2.15. The average molecular weight is 365 g/mol. The van der Waals surface area contributed by atoms with Gasteiger partial charge in [-0.15, -0.1) is 0 Å². The molecule has 0 unspecified atom stereocenters. The molecule has 0 radical (unpaired) electrons. The fourth-order valence-electron chi connectivity index (χ4n) is 2.65. The van der Waals surface area contributed by atoms with E-state index in [0.29, 0.717) is 19.5 Å². The predicted molar refractivity (Wildman–Crippen MR) is 105 cm³/mol. The number of nitrogens with one attached hydrogen (secondary N) is 2. The van der Waals surface area contributed by atoms with E-state index >= 15 is 0 Å². The second kappa shape index (κ2) is 9.46. The molecule has 2 rings (SSSR count). The summed E-state index contributed by atoms with van der Waals surface area (Å²) in [5, 5.41) is 7.63. The minimum atomic E-state index is -2.90. The molecule has 2 N–H and O–H groups in total. The lowest BCUT2D eigenvalue weighted by atomic mass is 10.2. The van der Waals surface area contributed by atoms with Crippen LogP contribution in [-0.2, 0) is 16.4 Å². The van der Waals surface area contributed by atoms with Crippen LogP contribution in [0.5, 0.6) is 0 Å². The highest BCUT2D eigenvalue weighted by molar-refractivity contribution is 7.90. The second-order valence-corrected chi connectivity index (χ2v) is 8.35. The Bertz CT molecular complexity index is 796. The first-order chi connectivity index (χ1) is 12.0. The number of para-hydroxylation sites is 1. The summed E-state index contributed by atoms with van der Waals surface area (Å²) >= 11 is 0. The zero-order valence-electron chi connectivity index (χ0n) is 15.0. The number of aryl methyl sites for hydroxylation is 1. The molecule has 0 saturated carbocycles. The summed E-state index contributed by atoms with van der Waals surface area (Å²) in [6.07, 6.45) is 4.90. The molecule has 138 valence electrons. The SMILES string of the molecule is CCNC(=NCCCn1ccc2ccccc21)NCCCS(C)(=O)=O. The molecule has 0 bridgehead atoms. The molecular weight excluding hydrogens is 336 g/mol. The van der Waals surface area contributed by atoms with E-state index in [4.69, 9.17) is 0 Å². The highest BCUT2D eigenvalue weighted by Gasteiger charge is 2.03. The standard InChI is InChI=1S/C18H28N4O2S/c1-3-19-18(21-12-7-15-25(2,23)24)20-11-6-13-22-14-10-16-8-4-5-9-17(16)22/h4-5,8-10,14H,3,6-7,11-13,15H2,1-2H3,(H2,19,20,21). The molecule has 0 aliphatic heterocycles. The van der Waals surface area contributed by atoms with Crippen LogP contribution >= 0.6 is 0 Å². The van der Waals surface area contributed by atoms with Crippen LogP contribution in [0.25, 0.3) is 10.9 Å². The zero-order valence-corrected chi connectivity index (χ0v) is 15.8. The van der Waals surface area contributed by atoms with Crippen molar-refractivity contribution in [2.45, 2.75) is 26.3 Å². The van der Waals surface area contributed by atoms with Gasteiger partial charge in [-0.25, -0.2) is 8.42 Å². The van der Waals surface area contributed by atoms with Crippen molar-refractivity contribution in [3.05, 3.63) is 36.5 Å². The van der Waals surface area contributed by atoms with Gasteiger partial charge in [0.2, 0.25) is 0 Å². The fourth-order valence-corrected chi connectivity index (χ4v) is 3.32. The summed E-state index contributed by atoms with van der Waals surface area (Å²) < 4.78 is 24.5. The molecule has 1 aromatic carbocycles. The number of fused-ring (bicyclic) bond motifs is 1. The summed E-state index contributed by atoms with van der Waals surface area (Å²) in [7, 11) is -2.90. The number of guanidine groups is 1. The first kappa shape index (κ1) is 19.3. The quantitative estimate of drug-likeness (QED) is 0.405. The van der Waals surface area contributed by atoms with E-state index in [1.165, 1.54) is 17.2 Å². The Balaban J connectivity index is 1.78. The Morgan fingerprint density at radius 1 is 1.16 bits per heavy atom. The van der Waals surface area contributed by atoms with Gasteiger partial charge in [0.25, 0.3) is 0 Å². The van der Waals surface area contributed by atoms with Gasteiger partial charge in [0.1, 0.15) is 9.84 Å². The van der Waals surface area contributed by atoms with Crippen molar-refractivity contribution in [1.29, 1.82) is 0 Å². The van der Waals surface area contributed by atoms with Crippen LogP contribution < -0.4 is 10.6 Å². The van der Waals surface area contributed by atoms with E-state index in [1.54, 1.807) is 0 Å². The van der Waals surface area contributed by atoms with Crippen molar-refractivity contribution in [3.63, 3.8) is 0 Å². The zero-order chi connectivity index (χ0) is 18.1. The normalized spacial score (nSPS) is 12.5. The summed E-state index contributed by atoms with van der Waals surface area (Å²) in [6.45, 7) is 5.03. The Morgan fingerprint density at radius 2 is 1.96 bits per heavy atom. The number of nitrogens with zero attached hydrogens (tertiary/aromatic N) is 2. The highest BCUT2D eigenvalue weighted by atomic mass is 32.2. The first-order valence-electron chi connectivity index (χ1n) is 8.73. The monoisotopic (exact) mass is 364 g/mol. The molecule has 0 atom stereocenters.